The lowest BCUT2D eigenvalue weighted by molar-refractivity contribution is -0.121. The summed E-state index contributed by atoms with van der Waals surface area (Å²) < 4.78 is 4.08. The predicted molar refractivity (Wildman–Crippen MR) is 297 cm³/mol. The fourth-order valence-electron chi connectivity index (χ4n) is 8.90. The number of hydrogen-bond donors (Lipinski definition) is 3. The maximum absolute atomic E-state index is 13.1. The summed E-state index contributed by atoms with van der Waals surface area (Å²) in [5.74, 6) is 2.69. The van der Waals surface area contributed by atoms with Crippen LogP contribution in [0.3, 0.4) is 0 Å². The van der Waals surface area contributed by atoms with Crippen LogP contribution in [0, 0.1) is 48.5 Å². The molecule has 19 heteroatoms. The molecule has 0 radical (unpaired) electrons. The summed E-state index contributed by atoms with van der Waals surface area (Å²) in [5.41, 5.74) is 11.5. The van der Waals surface area contributed by atoms with E-state index in [1.807, 2.05) is 110 Å². The number of rotatable bonds is 13. The number of amides is 1. The number of carbonyl (C=O) groups excluding carboxylic acids is 2. The topological polar surface area (TPSA) is 185 Å². The molecule has 6 heterocycles. The van der Waals surface area contributed by atoms with Crippen molar-refractivity contribution in [1.29, 1.82) is 0 Å². The quantitative estimate of drug-likeness (QED) is 0.0753. The molecule has 2 aliphatic rings. The molecule has 1 amide bonds. The molecule has 0 saturated carbocycles. The molecule has 74 heavy (non-hydrogen) atoms. The SMILES string of the molecule is Cc1ccc(C=NCC(=O)C[C@@H]2N=C(c3ccc(Cl)cc3)c3c(sc(C)c3C)-n3c(C)nnc32)cc1.Cc1sc2c(c1C)C(c1ccc(Cl)cc1)=N[C@@H](CC(=O)NCCc1ccc(B(O)O)cc1)c1nnc(C)n1-2. The lowest BCUT2D eigenvalue weighted by Gasteiger charge is -2.13. The minimum absolute atomic E-state index is 0.00655. The van der Waals surface area contributed by atoms with E-state index in [0.29, 0.717) is 40.1 Å². The number of nitrogens with one attached hydrogen (secondary N) is 1. The van der Waals surface area contributed by atoms with E-state index in [2.05, 4.69) is 63.0 Å². The Labute approximate surface area is 447 Å². The van der Waals surface area contributed by atoms with Gasteiger partial charge in [0.1, 0.15) is 33.7 Å². The van der Waals surface area contributed by atoms with Gasteiger partial charge in [0.2, 0.25) is 5.91 Å². The molecule has 4 aromatic carbocycles. The molecular formula is C55H53BCl2N10O4S2. The van der Waals surface area contributed by atoms with Gasteiger partial charge in [0.05, 0.1) is 24.4 Å². The van der Waals surface area contributed by atoms with Crippen LogP contribution < -0.4 is 10.8 Å². The van der Waals surface area contributed by atoms with E-state index in [-0.39, 0.29) is 31.1 Å². The molecule has 0 aliphatic carbocycles. The Morgan fingerprint density at radius 1 is 0.662 bits per heavy atom. The largest absolute Gasteiger partial charge is 0.488 e. The lowest BCUT2D eigenvalue weighted by Crippen LogP contribution is -2.30. The fourth-order valence-corrected chi connectivity index (χ4v) is 11.6. The van der Waals surface area contributed by atoms with Crippen LogP contribution in [0.2, 0.25) is 10.0 Å². The van der Waals surface area contributed by atoms with E-state index in [9.17, 15) is 19.6 Å². The number of Topliss-reactive ketones (excluding diaryl/α,β-unsaturated/α-hetero) is 1. The van der Waals surface area contributed by atoms with Gasteiger partial charge in [-0.2, -0.15) is 0 Å². The maximum atomic E-state index is 13.1. The van der Waals surface area contributed by atoms with Gasteiger partial charge in [-0.05, 0) is 107 Å². The normalized spacial score (nSPS) is 14.6. The zero-order chi connectivity index (χ0) is 52.4. The Bertz CT molecular complexity index is 3470. The Morgan fingerprint density at radius 2 is 1.15 bits per heavy atom. The number of aryl methyl sites for hydroxylation is 5. The van der Waals surface area contributed by atoms with Crippen LogP contribution >= 0.6 is 45.9 Å². The minimum Gasteiger partial charge on any atom is -0.423 e. The van der Waals surface area contributed by atoms with Gasteiger partial charge in [0, 0.05) is 61.2 Å². The van der Waals surface area contributed by atoms with Gasteiger partial charge in [-0.1, -0.05) is 102 Å². The third-order valence-electron chi connectivity index (χ3n) is 13.1. The van der Waals surface area contributed by atoms with Crippen LogP contribution in [0.5, 0.6) is 0 Å². The first-order chi connectivity index (χ1) is 35.5. The number of nitrogens with zero attached hydrogens (tertiary/aromatic N) is 9. The molecular weight excluding hydrogens is 1010 g/mol. The predicted octanol–water partition coefficient (Wildman–Crippen LogP) is 9.41. The summed E-state index contributed by atoms with van der Waals surface area (Å²) >= 11 is 15.7. The van der Waals surface area contributed by atoms with Crippen LogP contribution in [0.1, 0.15) is 108 Å². The molecule has 2 atom stereocenters. The lowest BCUT2D eigenvalue weighted by atomic mass is 9.80. The maximum Gasteiger partial charge on any atom is 0.488 e. The highest BCUT2D eigenvalue weighted by Gasteiger charge is 2.34. The standard InChI is InChI=1S/C28H26ClN5OS.C27H27BClN5O3S/c1-16-5-7-20(8-6-16)14-30-15-23(35)13-24-27-33-32-19(4)34(27)28-25(17(2)18(3)36-28)26(31-24)21-9-11-22(29)12-10-21;1-15-16(2)38-27-24(15)25(19-6-10-21(29)11-7-19)31-22(26-33-32-17(3)34(26)27)14-23(35)30-13-12-18-4-8-20(9-5-18)28(36)37/h5-12,14,24H,13,15H2,1-4H3;4-11,22,36-37H,12-14H2,1-3H3,(H,30,35)/t24-;22-/m00/s1. The Hall–Kier alpha value is -6.73. The second kappa shape index (κ2) is 22.4. The first kappa shape index (κ1) is 52.1. The number of fused-ring (bicyclic) bond motifs is 6. The van der Waals surface area contributed by atoms with Crippen molar-refractivity contribution < 1.29 is 19.6 Å². The van der Waals surface area contributed by atoms with Crippen LogP contribution in [0.4, 0.5) is 0 Å². The first-order valence-corrected chi connectivity index (χ1v) is 26.5. The smallest absolute Gasteiger partial charge is 0.423 e. The van der Waals surface area contributed by atoms with Gasteiger partial charge in [-0.3, -0.25) is 33.7 Å². The third-order valence-corrected chi connectivity index (χ3v) is 16.0. The minimum atomic E-state index is -1.50. The monoisotopic (exact) mass is 1060 g/mol. The molecule has 0 spiro atoms. The van der Waals surface area contributed by atoms with Crippen molar-refractivity contribution in [3.63, 3.8) is 0 Å². The van der Waals surface area contributed by atoms with Crippen LogP contribution in [-0.4, -0.2) is 89.1 Å². The Morgan fingerprint density at radius 3 is 1.64 bits per heavy atom. The van der Waals surface area contributed by atoms with Crippen molar-refractivity contribution in [2.45, 2.75) is 79.8 Å². The molecule has 0 unspecified atom stereocenters. The third kappa shape index (κ3) is 11.2. The van der Waals surface area contributed by atoms with Gasteiger partial charge < -0.3 is 15.4 Å². The average molecular weight is 1060 g/mol. The van der Waals surface area contributed by atoms with Crippen molar-refractivity contribution in [2.24, 2.45) is 15.0 Å². The molecule has 3 N–H and O–H groups in total. The molecule has 0 saturated heterocycles. The fraction of sp³-hybridized carbons (Fsp3) is 0.255. The van der Waals surface area contributed by atoms with E-state index in [1.54, 1.807) is 41.0 Å². The number of carbonyl (C=O) groups is 2. The van der Waals surface area contributed by atoms with Crippen LogP contribution in [0.25, 0.3) is 10.0 Å². The van der Waals surface area contributed by atoms with Crippen LogP contribution in [0.15, 0.2) is 112 Å². The highest BCUT2D eigenvalue weighted by atomic mass is 35.5. The van der Waals surface area contributed by atoms with Gasteiger partial charge in [-0.25, -0.2) is 0 Å². The van der Waals surface area contributed by atoms with Crippen molar-refractivity contribution in [1.82, 2.24) is 34.8 Å². The summed E-state index contributed by atoms with van der Waals surface area (Å²) in [4.78, 5) is 43.2. The van der Waals surface area contributed by atoms with Gasteiger partial charge in [0.25, 0.3) is 0 Å². The zero-order valence-electron chi connectivity index (χ0n) is 41.9. The summed E-state index contributed by atoms with van der Waals surface area (Å²) in [6.07, 6.45) is 2.66. The van der Waals surface area contributed by atoms with Gasteiger partial charge in [0.15, 0.2) is 17.4 Å². The summed E-state index contributed by atoms with van der Waals surface area (Å²) in [6, 6.07) is 29.3. The Kier molecular flexibility index (Phi) is 15.8. The molecule has 0 bridgehead atoms. The van der Waals surface area contributed by atoms with E-state index in [0.717, 1.165) is 77.6 Å². The highest BCUT2D eigenvalue weighted by Crippen LogP contribution is 2.41. The van der Waals surface area contributed by atoms with Crippen molar-refractivity contribution >= 4 is 87.8 Å². The average Bonchev–Trinajstić information content (AvgIpc) is 4.07. The second-order valence-electron chi connectivity index (χ2n) is 18.4. The molecule has 10 rings (SSSR count). The number of benzene rings is 4. The van der Waals surface area contributed by atoms with E-state index >= 15 is 0 Å². The van der Waals surface area contributed by atoms with E-state index in [1.165, 1.54) is 15.3 Å². The van der Waals surface area contributed by atoms with Crippen molar-refractivity contribution in [3.05, 3.63) is 190 Å². The second-order valence-corrected chi connectivity index (χ2v) is 21.6. The first-order valence-electron chi connectivity index (χ1n) is 24.1. The number of aromatic nitrogens is 6. The summed E-state index contributed by atoms with van der Waals surface area (Å²) in [5, 5.41) is 42.5. The number of halogens is 2. The number of thiophene rings is 2. The van der Waals surface area contributed by atoms with E-state index in [4.69, 9.17) is 33.2 Å². The Balaban J connectivity index is 0.000000182. The molecule has 376 valence electrons. The molecule has 4 aromatic heterocycles. The molecule has 14 nitrogen and oxygen atoms in total. The molecule has 8 aromatic rings. The number of aliphatic imine (C=N–C) groups is 3. The van der Waals surface area contributed by atoms with Crippen molar-refractivity contribution in [3.8, 4) is 10.0 Å². The zero-order valence-corrected chi connectivity index (χ0v) is 45.0. The van der Waals surface area contributed by atoms with Gasteiger partial charge >= 0.3 is 7.12 Å². The van der Waals surface area contributed by atoms with Crippen LogP contribution in [-0.2, 0) is 16.0 Å². The van der Waals surface area contributed by atoms with Gasteiger partial charge in [-0.15, -0.1) is 43.1 Å². The highest BCUT2D eigenvalue weighted by molar-refractivity contribution is 7.15. The molecule has 2 aliphatic heterocycles. The summed E-state index contributed by atoms with van der Waals surface area (Å²) in [7, 11) is -1.50. The van der Waals surface area contributed by atoms with E-state index < -0.39 is 19.2 Å². The van der Waals surface area contributed by atoms with Crippen molar-refractivity contribution in [2.75, 3.05) is 13.1 Å². The molecule has 0 fully saturated rings. The number of hydrogen-bond acceptors (Lipinski definition) is 13. The summed E-state index contributed by atoms with van der Waals surface area (Å²) in [6.45, 7) is 14.8. The number of ketones is 1.